The summed E-state index contributed by atoms with van der Waals surface area (Å²) in [6.45, 7) is 1.24. The van der Waals surface area contributed by atoms with Gasteiger partial charge in [0.15, 0.2) is 0 Å². The first-order valence-corrected chi connectivity index (χ1v) is 37.3. The van der Waals surface area contributed by atoms with Gasteiger partial charge < -0.3 is 66.6 Å². The van der Waals surface area contributed by atoms with Crippen molar-refractivity contribution >= 4 is 112 Å². The van der Waals surface area contributed by atoms with Crippen LogP contribution in [0.25, 0.3) is 55.0 Å². The third-order valence-corrected chi connectivity index (χ3v) is 21.1. The number of rotatable bonds is 26. The van der Waals surface area contributed by atoms with Crippen molar-refractivity contribution in [1.29, 1.82) is 0 Å². The highest BCUT2D eigenvalue weighted by atomic mass is 16.5. The summed E-state index contributed by atoms with van der Waals surface area (Å²) in [5, 5.41) is 4.41. The number of hydrogen-bond acceptors (Lipinski definition) is 12. The SMILES string of the molecule is COc1ccc(N(c2ccc(OC)cc2)c2ccc3c(c2)c2cc(N(c4ccc(OC)cc4)c4ccc(OC)cc4)ccc2n3Cc2ccc(-n3cc[n+](-c4ccc(Cn5c6ccc(N(c7ccc(OC)cc7)c7ccc(OC)cc7)cc6c6cc(N(c7ccc(OC)cc7)c7ccc(OC)cc7)ccc65)cc4)c3)cc2)cc1. The first-order valence-electron chi connectivity index (χ1n) is 37.3. The molecule has 0 radical (unpaired) electrons. The van der Waals surface area contributed by atoms with Crippen LogP contribution < -0.4 is 62.1 Å². The Morgan fingerprint density at radius 2 is 0.451 bits per heavy atom. The number of ether oxygens (including phenoxy) is 8. The van der Waals surface area contributed by atoms with Crippen LogP contribution in [0, 0.1) is 0 Å². The zero-order valence-corrected chi connectivity index (χ0v) is 64.0. The molecule has 0 saturated heterocycles. The lowest BCUT2D eigenvalue weighted by Gasteiger charge is -2.26. The molecule has 16 heteroatoms. The van der Waals surface area contributed by atoms with Crippen LogP contribution in [0.5, 0.6) is 46.0 Å². The highest BCUT2D eigenvalue weighted by Crippen LogP contribution is 2.47. The molecule has 16 nitrogen and oxygen atoms in total. The highest BCUT2D eigenvalue weighted by Gasteiger charge is 2.25. The molecule has 0 atom stereocenters. The number of hydrogen-bond donors (Lipinski definition) is 0. The Hall–Kier alpha value is -14.5. The number of benzene rings is 14. The average molecular weight is 1490 g/mol. The lowest BCUT2D eigenvalue weighted by Crippen LogP contribution is -2.27. The van der Waals surface area contributed by atoms with Gasteiger partial charge in [-0.1, -0.05) is 24.3 Å². The van der Waals surface area contributed by atoms with Crippen LogP contribution in [0.2, 0.25) is 0 Å². The van der Waals surface area contributed by atoms with Crippen LogP contribution in [-0.4, -0.2) is 70.6 Å². The average Bonchev–Trinajstić information content (AvgIpc) is 1.59. The fourth-order valence-corrected chi connectivity index (χ4v) is 15.3. The fourth-order valence-electron chi connectivity index (χ4n) is 15.3. The van der Waals surface area contributed by atoms with Gasteiger partial charge in [0.2, 0.25) is 0 Å². The van der Waals surface area contributed by atoms with Crippen molar-refractivity contribution in [3.63, 3.8) is 0 Å². The summed E-state index contributed by atoms with van der Waals surface area (Å²) < 4.78 is 54.3. The molecule has 0 aliphatic rings. The van der Waals surface area contributed by atoms with E-state index in [1.807, 2.05) is 97.1 Å². The van der Waals surface area contributed by atoms with Gasteiger partial charge in [0.25, 0.3) is 6.33 Å². The normalized spacial score (nSPS) is 11.3. The summed E-state index contributed by atoms with van der Waals surface area (Å²) in [5.74, 6) is 6.24. The van der Waals surface area contributed by atoms with Gasteiger partial charge in [0.05, 0.1) is 56.9 Å². The van der Waals surface area contributed by atoms with E-state index in [4.69, 9.17) is 37.9 Å². The predicted molar refractivity (Wildman–Crippen MR) is 456 cm³/mol. The molecule has 17 rings (SSSR count). The van der Waals surface area contributed by atoms with Gasteiger partial charge >= 0.3 is 0 Å². The lowest BCUT2D eigenvalue weighted by molar-refractivity contribution is -0.594. The van der Waals surface area contributed by atoms with E-state index >= 15 is 0 Å². The molecule has 0 unspecified atom stereocenters. The minimum absolute atomic E-state index is 0.622. The fraction of sp³-hybridized carbons (Fsp3) is 0.103. The number of nitrogens with zero attached hydrogens (tertiary/aromatic N) is 8. The smallest absolute Gasteiger partial charge is 0.254 e. The second-order valence-electron chi connectivity index (χ2n) is 27.5. The summed E-state index contributed by atoms with van der Waals surface area (Å²) in [5.41, 5.74) is 20.6. The Balaban J connectivity index is 0.695. The van der Waals surface area contributed by atoms with Gasteiger partial charge in [-0.25, -0.2) is 9.13 Å². The van der Waals surface area contributed by atoms with Crippen molar-refractivity contribution in [1.82, 2.24) is 13.7 Å². The molecule has 0 N–H and O–H groups in total. The van der Waals surface area contributed by atoms with Crippen LogP contribution in [0.4, 0.5) is 68.2 Å². The van der Waals surface area contributed by atoms with Crippen molar-refractivity contribution in [2.45, 2.75) is 13.1 Å². The van der Waals surface area contributed by atoms with E-state index in [0.29, 0.717) is 13.1 Å². The largest absolute Gasteiger partial charge is 0.497 e. The van der Waals surface area contributed by atoms with E-state index < -0.39 is 0 Å². The summed E-state index contributed by atoms with van der Waals surface area (Å²) in [6, 6.07) is 111. The number of anilines is 12. The molecule has 0 saturated carbocycles. The van der Waals surface area contributed by atoms with Gasteiger partial charge in [0, 0.05) is 125 Å². The van der Waals surface area contributed by atoms with Crippen molar-refractivity contribution in [3.05, 3.63) is 345 Å². The highest BCUT2D eigenvalue weighted by molar-refractivity contribution is 6.12. The van der Waals surface area contributed by atoms with E-state index in [1.165, 1.54) is 0 Å². The van der Waals surface area contributed by atoms with Crippen molar-refractivity contribution in [2.24, 2.45) is 0 Å². The Kier molecular flexibility index (Phi) is 19.7. The minimum atomic E-state index is 0.622. The van der Waals surface area contributed by atoms with Crippen LogP contribution in [0.15, 0.2) is 334 Å². The van der Waals surface area contributed by atoms with Crippen molar-refractivity contribution in [3.8, 4) is 57.4 Å². The molecule has 558 valence electrons. The Bertz CT molecular complexity index is 5310. The molecule has 0 bridgehead atoms. The molecule has 0 aliphatic carbocycles. The van der Waals surface area contributed by atoms with Crippen LogP contribution in [0.1, 0.15) is 11.1 Å². The number of methoxy groups -OCH3 is 8. The Morgan fingerprint density at radius 1 is 0.239 bits per heavy atom. The van der Waals surface area contributed by atoms with E-state index in [9.17, 15) is 0 Å². The van der Waals surface area contributed by atoms with Gasteiger partial charge in [-0.2, -0.15) is 0 Å². The van der Waals surface area contributed by atoms with Gasteiger partial charge in [0.1, 0.15) is 69.8 Å². The second kappa shape index (κ2) is 31.2. The summed E-state index contributed by atoms with van der Waals surface area (Å²) in [4.78, 5) is 9.10. The van der Waals surface area contributed by atoms with Crippen molar-refractivity contribution < 1.29 is 42.5 Å². The topological polar surface area (TPSA) is 105 Å². The van der Waals surface area contributed by atoms with Gasteiger partial charge in [-0.05, 0) is 302 Å². The number of imidazole rings is 1. The van der Waals surface area contributed by atoms with Crippen LogP contribution in [0.3, 0.4) is 0 Å². The minimum Gasteiger partial charge on any atom is -0.497 e. The maximum absolute atomic E-state index is 5.63. The van der Waals surface area contributed by atoms with Gasteiger partial charge in [-0.3, -0.25) is 0 Å². The third kappa shape index (κ3) is 14.2. The number of fused-ring (bicyclic) bond motifs is 6. The first-order chi connectivity index (χ1) is 55.6. The quantitative estimate of drug-likeness (QED) is 0.0482. The maximum atomic E-state index is 5.63. The first kappa shape index (κ1) is 71.4. The molecule has 17 aromatic rings. The lowest BCUT2D eigenvalue weighted by atomic mass is 10.1. The molecule has 113 heavy (non-hydrogen) atoms. The van der Waals surface area contributed by atoms with E-state index in [-0.39, 0.29) is 0 Å². The third-order valence-electron chi connectivity index (χ3n) is 21.1. The monoisotopic (exact) mass is 1490 g/mol. The van der Waals surface area contributed by atoms with Crippen LogP contribution in [-0.2, 0) is 13.1 Å². The van der Waals surface area contributed by atoms with E-state index in [1.54, 1.807) is 56.9 Å². The number of aromatic nitrogens is 4. The van der Waals surface area contributed by atoms with E-state index in [0.717, 1.165) is 180 Å². The molecule has 3 aromatic heterocycles. The van der Waals surface area contributed by atoms with E-state index in [2.05, 4.69) is 275 Å². The molecular weight excluding hydrogens is 1410 g/mol. The molecule has 0 spiro atoms. The molecular formula is C97H83N8O8+. The second-order valence-corrected chi connectivity index (χ2v) is 27.5. The summed E-state index contributed by atoms with van der Waals surface area (Å²) in [6.07, 6.45) is 6.37. The molecule has 3 heterocycles. The zero-order valence-electron chi connectivity index (χ0n) is 64.0. The Morgan fingerprint density at radius 3 is 0.673 bits per heavy atom. The molecule has 0 amide bonds. The maximum Gasteiger partial charge on any atom is 0.254 e. The molecule has 14 aromatic carbocycles. The summed E-state index contributed by atoms with van der Waals surface area (Å²) >= 11 is 0. The van der Waals surface area contributed by atoms with Crippen molar-refractivity contribution in [2.75, 3.05) is 76.5 Å². The predicted octanol–water partition coefficient (Wildman–Crippen LogP) is 23.0. The standard InChI is InChI=1S/C97H83N8O8/c1-106-82-37-17-70(18-38-82)102(71-19-39-83(107-2)40-20-71)78-33-53-94-90(59-78)91-60-79(103(72-21-41-84(108-3)42-22-72)73-23-43-85(109-4)44-24-73)34-54-95(91)100(94)63-66-9-13-68(14-10-66)98-57-58-99(65-98)69-15-11-67(12-16-69)64-101-96-55-35-80(104(74-25-45-86(110-5)46-26-74)75-27-47-87(111-6)48-28-75)61-92(96)93-62-81(36-56-97(93)101)105(76-29-49-88(112-7)50-30-76)77-31-51-89(113-8)52-32-77/h9-62,65H,63-64H2,1-8H3/q+1. The van der Waals surface area contributed by atoms with Crippen LogP contribution >= 0.6 is 0 Å². The van der Waals surface area contributed by atoms with Gasteiger partial charge in [-0.15, -0.1) is 0 Å². The Labute approximate surface area is 656 Å². The summed E-state index contributed by atoms with van der Waals surface area (Å²) in [7, 11) is 13.5. The molecule has 0 fully saturated rings. The molecule has 0 aliphatic heterocycles. The zero-order chi connectivity index (χ0) is 77.1.